The van der Waals surface area contributed by atoms with Crippen molar-refractivity contribution in [3.8, 4) is 28.4 Å². The lowest BCUT2D eigenvalue weighted by atomic mass is 10.1. The smallest absolute Gasteiger partial charge is 0.243 e. The predicted octanol–water partition coefficient (Wildman–Crippen LogP) is 3.55. The Labute approximate surface area is 146 Å². The number of aromatic nitrogens is 2. The minimum Gasteiger partial charge on any atom is -0.497 e. The largest absolute Gasteiger partial charge is 0.497 e. The molecule has 0 bridgehead atoms. The summed E-state index contributed by atoms with van der Waals surface area (Å²) in [6.45, 7) is 3.89. The van der Waals surface area contributed by atoms with Gasteiger partial charge in [-0.2, -0.15) is 0 Å². The van der Waals surface area contributed by atoms with Gasteiger partial charge in [-0.25, -0.2) is 4.98 Å². The first-order valence-corrected chi connectivity index (χ1v) is 7.88. The number of hydrogen-bond donors (Lipinski definition) is 2. The molecule has 0 aliphatic carbocycles. The fourth-order valence-electron chi connectivity index (χ4n) is 2.50. The number of rotatable bonds is 6. The lowest BCUT2D eigenvalue weighted by Gasteiger charge is -2.05. The first-order chi connectivity index (χ1) is 12.2. The molecule has 0 radical (unpaired) electrons. The van der Waals surface area contributed by atoms with Crippen LogP contribution in [0.4, 0.5) is 0 Å². The number of methoxy groups -OCH3 is 1. The number of benzene rings is 2. The zero-order chi connectivity index (χ0) is 17.6. The molecule has 0 saturated carbocycles. The molecule has 25 heavy (non-hydrogen) atoms. The third kappa shape index (κ3) is 3.95. The highest BCUT2D eigenvalue weighted by Gasteiger charge is 2.07. The first kappa shape index (κ1) is 16.5. The molecule has 2 N–H and O–H groups in total. The molecule has 0 spiro atoms. The lowest BCUT2D eigenvalue weighted by molar-refractivity contribution is -0.116. The molecule has 0 fully saturated rings. The standard InChI is InChI=1S/C20H19N3O2/c1-3-19(24)21-12-14-6-4-8-16(10-14)20-22-13-18(23-20)15-7-5-9-17(11-15)25-2/h3-11,13H,1,12H2,2H3,(H,21,24)(H,22,23). The van der Waals surface area contributed by atoms with E-state index in [2.05, 4.69) is 21.9 Å². The van der Waals surface area contributed by atoms with Crippen LogP contribution in [0, 0.1) is 0 Å². The summed E-state index contributed by atoms with van der Waals surface area (Å²) in [6.07, 6.45) is 3.06. The zero-order valence-electron chi connectivity index (χ0n) is 14.0. The quantitative estimate of drug-likeness (QED) is 0.678. The van der Waals surface area contributed by atoms with Gasteiger partial charge in [0.05, 0.1) is 19.0 Å². The summed E-state index contributed by atoms with van der Waals surface area (Å²) in [5.41, 5.74) is 3.87. The van der Waals surface area contributed by atoms with Crippen LogP contribution in [0.3, 0.4) is 0 Å². The summed E-state index contributed by atoms with van der Waals surface area (Å²) >= 11 is 0. The molecule has 2 aromatic carbocycles. The minimum atomic E-state index is -0.191. The Hall–Kier alpha value is -3.34. The van der Waals surface area contributed by atoms with Crippen LogP contribution in [0.5, 0.6) is 5.75 Å². The number of nitrogens with one attached hydrogen (secondary N) is 2. The second-order valence-electron chi connectivity index (χ2n) is 5.50. The predicted molar refractivity (Wildman–Crippen MR) is 98.1 cm³/mol. The summed E-state index contributed by atoms with van der Waals surface area (Å²) in [5, 5.41) is 2.77. The second kappa shape index (κ2) is 7.49. The van der Waals surface area contributed by atoms with Gasteiger partial charge >= 0.3 is 0 Å². The van der Waals surface area contributed by atoms with Gasteiger partial charge in [0.25, 0.3) is 0 Å². The molecule has 1 heterocycles. The van der Waals surface area contributed by atoms with E-state index in [0.29, 0.717) is 6.54 Å². The number of carbonyl (C=O) groups excluding carboxylic acids is 1. The SMILES string of the molecule is C=CC(=O)NCc1cccc(-c2ncc(-c3cccc(OC)c3)[nH]2)c1. The van der Waals surface area contributed by atoms with Crippen molar-refractivity contribution >= 4 is 5.91 Å². The highest BCUT2D eigenvalue weighted by atomic mass is 16.5. The van der Waals surface area contributed by atoms with Gasteiger partial charge in [-0.05, 0) is 29.8 Å². The molecule has 0 saturated heterocycles. The molecular weight excluding hydrogens is 314 g/mol. The summed E-state index contributed by atoms with van der Waals surface area (Å²) in [7, 11) is 1.65. The average Bonchev–Trinajstić information content (AvgIpc) is 3.16. The Morgan fingerprint density at radius 2 is 2.04 bits per heavy atom. The van der Waals surface area contributed by atoms with Crippen LogP contribution in [0.25, 0.3) is 22.6 Å². The molecule has 5 nitrogen and oxygen atoms in total. The Morgan fingerprint density at radius 1 is 1.24 bits per heavy atom. The van der Waals surface area contributed by atoms with Crippen molar-refractivity contribution in [3.63, 3.8) is 0 Å². The van der Waals surface area contributed by atoms with Crippen molar-refractivity contribution in [2.75, 3.05) is 7.11 Å². The maximum Gasteiger partial charge on any atom is 0.243 e. The fraction of sp³-hybridized carbons (Fsp3) is 0.100. The Kier molecular flexibility index (Phi) is 4.95. The first-order valence-electron chi connectivity index (χ1n) is 7.88. The molecule has 0 unspecified atom stereocenters. The number of imidazole rings is 1. The number of ether oxygens (including phenoxy) is 1. The average molecular weight is 333 g/mol. The lowest BCUT2D eigenvalue weighted by Crippen LogP contribution is -2.19. The van der Waals surface area contributed by atoms with Crippen molar-refractivity contribution in [2.45, 2.75) is 6.54 Å². The van der Waals surface area contributed by atoms with Crippen molar-refractivity contribution in [1.82, 2.24) is 15.3 Å². The van der Waals surface area contributed by atoms with E-state index >= 15 is 0 Å². The van der Waals surface area contributed by atoms with E-state index in [4.69, 9.17) is 4.74 Å². The monoisotopic (exact) mass is 333 g/mol. The maximum atomic E-state index is 11.3. The third-order valence-electron chi connectivity index (χ3n) is 3.81. The van der Waals surface area contributed by atoms with Gasteiger partial charge < -0.3 is 15.0 Å². The number of amides is 1. The van der Waals surface area contributed by atoms with Crippen molar-refractivity contribution < 1.29 is 9.53 Å². The van der Waals surface area contributed by atoms with Crippen LogP contribution in [0.15, 0.2) is 67.4 Å². The number of H-pyrrole nitrogens is 1. The van der Waals surface area contributed by atoms with Gasteiger partial charge in [0.2, 0.25) is 5.91 Å². The van der Waals surface area contributed by atoms with Crippen molar-refractivity contribution in [2.24, 2.45) is 0 Å². The second-order valence-corrected chi connectivity index (χ2v) is 5.50. The number of aromatic amines is 1. The van der Waals surface area contributed by atoms with Crippen LogP contribution in [0.2, 0.25) is 0 Å². The normalized spacial score (nSPS) is 10.3. The van der Waals surface area contributed by atoms with E-state index in [9.17, 15) is 4.79 Å². The Morgan fingerprint density at radius 3 is 2.84 bits per heavy atom. The van der Waals surface area contributed by atoms with E-state index in [1.807, 2.05) is 48.5 Å². The van der Waals surface area contributed by atoms with Gasteiger partial charge in [-0.3, -0.25) is 4.79 Å². The zero-order valence-corrected chi connectivity index (χ0v) is 14.0. The fourth-order valence-corrected chi connectivity index (χ4v) is 2.50. The number of nitrogens with zero attached hydrogens (tertiary/aromatic N) is 1. The van der Waals surface area contributed by atoms with Crippen LogP contribution >= 0.6 is 0 Å². The van der Waals surface area contributed by atoms with Gasteiger partial charge in [0.15, 0.2) is 0 Å². The van der Waals surface area contributed by atoms with Gasteiger partial charge in [0.1, 0.15) is 11.6 Å². The third-order valence-corrected chi connectivity index (χ3v) is 3.81. The molecule has 126 valence electrons. The topological polar surface area (TPSA) is 67.0 Å². The number of hydrogen-bond acceptors (Lipinski definition) is 3. The molecule has 5 heteroatoms. The molecule has 0 aliphatic heterocycles. The van der Waals surface area contributed by atoms with E-state index in [1.165, 1.54) is 6.08 Å². The molecule has 1 aromatic heterocycles. The number of carbonyl (C=O) groups is 1. The van der Waals surface area contributed by atoms with Crippen molar-refractivity contribution in [1.29, 1.82) is 0 Å². The van der Waals surface area contributed by atoms with Gasteiger partial charge in [-0.15, -0.1) is 0 Å². The van der Waals surface area contributed by atoms with Crippen LogP contribution < -0.4 is 10.1 Å². The highest BCUT2D eigenvalue weighted by molar-refractivity contribution is 5.86. The van der Waals surface area contributed by atoms with E-state index in [0.717, 1.165) is 34.0 Å². The van der Waals surface area contributed by atoms with Crippen molar-refractivity contribution in [3.05, 3.63) is 72.9 Å². The molecule has 3 aromatic rings. The van der Waals surface area contributed by atoms with E-state index in [-0.39, 0.29) is 5.91 Å². The summed E-state index contributed by atoms with van der Waals surface area (Å²) in [5.74, 6) is 1.38. The maximum absolute atomic E-state index is 11.3. The summed E-state index contributed by atoms with van der Waals surface area (Å²) in [4.78, 5) is 19.1. The molecule has 1 amide bonds. The van der Waals surface area contributed by atoms with E-state index in [1.54, 1.807) is 13.3 Å². The van der Waals surface area contributed by atoms with Gasteiger partial charge in [-0.1, -0.05) is 36.9 Å². The Balaban J connectivity index is 1.82. The van der Waals surface area contributed by atoms with E-state index < -0.39 is 0 Å². The molecular formula is C20H19N3O2. The minimum absolute atomic E-state index is 0.191. The Bertz CT molecular complexity index is 899. The summed E-state index contributed by atoms with van der Waals surface area (Å²) < 4.78 is 5.26. The van der Waals surface area contributed by atoms with Crippen LogP contribution in [-0.2, 0) is 11.3 Å². The molecule has 0 atom stereocenters. The van der Waals surface area contributed by atoms with Crippen LogP contribution in [0.1, 0.15) is 5.56 Å². The molecule has 3 rings (SSSR count). The highest BCUT2D eigenvalue weighted by Crippen LogP contribution is 2.25. The summed E-state index contributed by atoms with van der Waals surface area (Å²) in [6, 6.07) is 15.7. The van der Waals surface area contributed by atoms with Gasteiger partial charge in [0, 0.05) is 17.7 Å². The van der Waals surface area contributed by atoms with Crippen LogP contribution in [-0.4, -0.2) is 23.0 Å². The molecule has 0 aliphatic rings.